The van der Waals surface area contributed by atoms with Crippen LogP contribution in [0.5, 0.6) is 11.5 Å². The van der Waals surface area contributed by atoms with E-state index in [2.05, 4.69) is 0 Å². The van der Waals surface area contributed by atoms with Gasteiger partial charge in [-0.05, 0) is 12.1 Å². The van der Waals surface area contributed by atoms with Gasteiger partial charge in [0.05, 0.1) is 5.69 Å². The lowest BCUT2D eigenvalue weighted by Gasteiger charge is -2.07. The fourth-order valence-electron chi connectivity index (χ4n) is 1.24. The number of rotatable bonds is 2. The zero-order chi connectivity index (χ0) is 12.4. The number of pyridine rings is 1. The minimum atomic E-state index is -1.12. The lowest BCUT2D eigenvalue weighted by molar-refractivity contribution is -0.638. The van der Waals surface area contributed by atoms with E-state index in [1.807, 2.05) is 0 Å². The molecule has 1 heterocycles. The molecule has 88 valence electrons. The van der Waals surface area contributed by atoms with Gasteiger partial charge in [0.2, 0.25) is 18.2 Å². The van der Waals surface area contributed by atoms with Crippen LogP contribution >= 0.6 is 0 Å². The average molecular weight is 238 g/mol. The van der Waals surface area contributed by atoms with Gasteiger partial charge in [0.25, 0.3) is 0 Å². The molecule has 6 heteroatoms. The highest BCUT2D eigenvalue weighted by molar-refractivity contribution is 5.45. The maximum absolute atomic E-state index is 13.4. The van der Waals surface area contributed by atoms with E-state index in [-0.39, 0.29) is 11.4 Å². The van der Waals surface area contributed by atoms with E-state index in [0.717, 1.165) is 0 Å². The summed E-state index contributed by atoms with van der Waals surface area (Å²) in [4.78, 5) is 0. The SMILES string of the molecule is Nc1ccc(Oc2cc[n+](N)cc2)c(F)c1F. The monoisotopic (exact) mass is 238 g/mol. The van der Waals surface area contributed by atoms with Gasteiger partial charge < -0.3 is 10.5 Å². The summed E-state index contributed by atoms with van der Waals surface area (Å²) in [6.07, 6.45) is 3.03. The summed E-state index contributed by atoms with van der Waals surface area (Å²) < 4.78 is 33.0. The number of nitrogens with two attached hydrogens (primary N) is 2. The Morgan fingerprint density at radius 1 is 1.00 bits per heavy atom. The van der Waals surface area contributed by atoms with Crippen molar-refractivity contribution in [3.05, 3.63) is 48.3 Å². The van der Waals surface area contributed by atoms with Crippen LogP contribution in [0.1, 0.15) is 0 Å². The summed E-state index contributed by atoms with van der Waals surface area (Å²) in [5.74, 6) is 3.28. The number of nitrogen functional groups attached to an aromatic ring is 2. The molecular formula is C11H10F2N3O+. The molecule has 0 spiro atoms. The van der Waals surface area contributed by atoms with E-state index in [4.69, 9.17) is 16.3 Å². The van der Waals surface area contributed by atoms with E-state index in [9.17, 15) is 8.78 Å². The molecule has 0 aliphatic carbocycles. The highest BCUT2D eigenvalue weighted by Gasteiger charge is 2.13. The molecule has 0 saturated carbocycles. The van der Waals surface area contributed by atoms with Gasteiger partial charge in [-0.25, -0.2) is 10.2 Å². The van der Waals surface area contributed by atoms with Crippen LogP contribution in [0.4, 0.5) is 14.5 Å². The molecule has 0 unspecified atom stereocenters. The molecule has 0 radical (unpaired) electrons. The number of nitrogens with zero attached hydrogens (tertiary/aromatic N) is 1. The van der Waals surface area contributed by atoms with Crippen molar-refractivity contribution in [2.24, 2.45) is 0 Å². The van der Waals surface area contributed by atoms with Gasteiger partial charge in [-0.15, -0.1) is 0 Å². The first kappa shape index (κ1) is 11.1. The number of hydrogen-bond donors (Lipinski definition) is 2. The molecule has 0 amide bonds. The second-order valence-electron chi connectivity index (χ2n) is 3.36. The van der Waals surface area contributed by atoms with Crippen LogP contribution in [0.3, 0.4) is 0 Å². The zero-order valence-electron chi connectivity index (χ0n) is 8.73. The molecule has 4 nitrogen and oxygen atoms in total. The van der Waals surface area contributed by atoms with Crippen molar-refractivity contribution >= 4 is 5.69 Å². The van der Waals surface area contributed by atoms with Crippen molar-refractivity contribution < 1.29 is 18.2 Å². The third kappa shape index (κ3) is 2.25. The zero-order valence-corrected chi connectivity index (χ0v) is 8.73. The topological polar surface area (TPSA) is 65.2 Å². The molecule has 1 aromatic carbocycles. The van der Waals surface area contributed by atoms with E-state index >= 15 is 0 Å². The molecule has 2 rings (SSSR count). The highest BCUT2D eigenvalue weighted by Crippen LogP contribution is 2.27. The molecule has 4 N–H and O–H groups in total. The molecular weight excluding hydrogens is 228 g/mol. The van der Waals surface area contributed by atoms with Crippen molar-refractivity contribution in [2.45, 2.75) is 0 Å². The van der Waals surface area contributed by atoms with Crippen molar-refractivity contribution in [3.63, 3.8) is 0 Å². The molecule has 17 heavy (non-hydrogen) atoms. The van der Waals surface area contributed by atoms with Crippen LogP contribution in [-0.4, -0.2) is 0 Å². The molecule has 0 aliphatic rings. The molecule has 1 aromatic heterocycles. The second-order valence-corrected chi connectivity index (χ2v) is 3.36. The summed E-state index contributed by atoms with van der Waals surface area (Å²) in [7, 11) is 0. The van der Waals surface area contributed by atoms with Crippen LogP contribution in [0.2, 0.25) is 0 Å². The van der Waals surface area contributed by atoms with Crippen molar-refractivity contribution in [3.8, 4) is 11.5 Å². The number of anilines is 1. The first-order valence-electron chi connectivity index (χ1n) is 4.75. The molecule has 0 atom stereocenters. The maximum atomic E-state index is 13.4. The van der Waals surface area contributed by atoms with Crippen molar-refractivity contribution in [1.82, 2.24) is 0 Å². The van der Waals surface area contributed by atoms with Crippen LogP contribution < -0.4 is 21.0 Å². The Labute approximate surface area is 96.0 Å². The number of benzene rings is 1. The first-order chi connectivity index (χ1) is 8.08. The Hall–Kier alpha value is -2.37. The fourth-order valence-corrected chi connectivity index (χ4v) is 1.24. The van der Waals surface area contributed by atoms with Gasteiger partial charge in [0.15, 0.2) is 11.6 Å². The lowest BCUT2D eigenvalue weighted by Crippen LogP contribution is -2.43. The van der Waals surface area contributed by atoms with Gasteiger partial charge >= 0.3 is 0 Å². The number of halogens is 2. The van der Waals surface area contributed by atoms with Gasteiger partial charge in [0, 0.05) is 12.1 Å². The summed E-state index contributed by atoms with van der Waals surface area (Å²) in [5.41, 5.74) is 4.95. The van der Waals surface area contributed by atoms with Crippen LogP contribution in [-0.2, 0) is 0 Å². The standard InChI is InChI=1S/C11H10F2N3O/c12-10-8(14)1-2-9(11(10)13)17-7-3-5-16(15)6-4-7/h1-6H,14-15H2/q+1. The van der Waals surface area contributed by atoms with E-state index in [1.165, 1.54) is 41.3 Å². The normalized spacial score (nSPS) is 10.2. The average Bonchev–Trinajstić information content (AvgIpc) is 2.33. The summed E-state index contributed by atoms with van der Waals surface area (Å²) in [6, 6.07) is 5.54. The van der Waals surface area contributed by atoms with Gasteiger partial charge in [-0.3, -0.25) is 0 Å². The third-order valence-electron chi connectivity index (χ3n) is 2.13. The van der Waals surface area contributed by atoms with Crippen LogP contribution in [0.25, 0.3) is 0 Å². The third-order valence-corrected chi connectivity index (χ3v) is 2.13. The largest absolute Gasteiger partial charge is 0.454 e. The summed E-state index contributed by atoms with van der Waals surface area (Å²) >= 11 is 0. The molecule has 0 fully saturated rings. The van der Waals surface area contributed by atoms with Gasteiger partial charge in [-0.1, -0.05) is 4.68 Å². The number of hydrogen-bond acceptors (Lipinski definition) is 3. The quantitative estimate of drug-likeness (QED) is 0.471. The Morgan fingerprint density at radius 3 is 2.29 bits per heavy atom. The van der Waals surface area contributed by atoms with Gasteiger partial charge in [0.1, 0.15) is 5.75 Å². The van der Waals surface area contributed by atoms with E-state index in [1.54, 1.807) is 0 Å². The van der Waals surface area contributed by atoms with Crippen molar-refractivity contribution in [2.75, 3.05) is 11.6 Å². The maximum Gasteiger partial charge on any atom is 0.203 e. The minimum Gasteiger partial charge on any atom is -0.454 e. The summed E-state index contributed by atoms with van der Waals surface area (Å²) in [6.45, 7) is 0. The smallest absolute Gasteiger partial charge is 0.203 e. The van der Waals surface area contributed by atoms with E-state index in [0.29, 0.717) is 5.75 Å². The predicted octanol–water partition coefficient (Wildman–Crippen LogP) is 1.34. The van der Waals surface area contributed by atoms with Crippen LogP contribution in [0.15, 0.2) is 36.7 Å². The second kappa shape index (κ2) is 4.25. The molecule has 0 bridgehead atoms. The fraction of sp³-hybridized carbons (Fsp3) is 0. The Morgan fingerprint density at radius 2 is 1.65 bits per heavy atom. The molecule has 0 aliphatic heterocycles. The Kier molecular flexibility index (Phi) is 2.78. The summed E-state index contributed by atoms with van der Waals surface area (Å²) in [5, 5.41) is 0. The lowest BCUT2D eigenvalue weighted by atomic mass is 10.3. The van der Waals surface area contributed by atoms with E-state index < -0.39 is 11.6 Å². The number of aromatic nitrogens is 1. The van der Waals surface area contributed by atoms with Crippen molar-refractivity contribution in [1.29, 1.82) is 0 Å². The predicted molar refractivity (Wildman–Crippen MR) is 57.6 cm³/mol. The van der Waals surface area contributed by atoms with Gasteiger partial charge in [-0.2, -0.15) is 4.39 Å². The molecule has 0 saturated heterocycles. The molecule has 2 aromatic rings. The Balaban J connectivity index is 2.30. The number of ether oxygens (including phenoxy) is 1. The minimum absolute atomic E-state index is 0.230. The first-order valence-corrected chi connectivity index (χ1v) is 4.75. The Bertz CT molecular complexity index is 543. The highest BCUT2D eigenvalue weighted by atomic mass is 19.2. The van der Waals surface area contributed by atoms with Crippen LogP contribution in [0, 0.1) is 11.6 Å².